The molecule has 0 rings (SSSR count). The van der Waals surface area contributed by atoms with E-state index >= 15 is 0 Å². The molecule has 0 N–H and O–H groups in total. The van der Waals surface area contributed by atoms with E-state index in [1.54, 1.807) is 0 Å². The summed E-state index contributed by atoms with van der Waals surface area (Å²) < 4.78 is 16.6. The lowest BCUT2D eigenvalue weighted by Crippen LogP contribution is -2.30. The third-order valence-corrected chi connectivity index (χ3v) is 8.99. The van der Waals surface area contributed by atoms with E-state index in [4.69, 9.17) is 14.2 Å². The Labute approximate surface area is 395 Å². The lowest BCUT2D eigenvalue weighted by Gasteiger charge is -2.18. The Kier molecular flexibility index (Phi) is 46.4. The van der Waals surface area contributed by atoms with E-state index < -0.39 is 6.10 Å². The lowest BCUT2D eigenvalue weighted by molar-refractivity contribution is -0.167. The van der Waals surface area contributed by atoms with Crippen molar-refractivity contribution < 1.29 is 28.6 Å². The van der Waals surface area contributed by atoms with Crippen molar-refractivity contribution in [2.24, 2.45) is 0 Å². The molecule has 0 aromatic heterocycles. The third-order valence-electron chi connectivity index (χ3n) is 8.99. The highest BCUT2D eigenvalue weighted by Crippen LogP contribution is 2.11. The Hall–Kier alpha value is -5.75. The van der Waals surface area contributed by atoms with Crippen LogP contribution in [0.25, 0.3) is 0 Å². The summed E-state index contributed by atoms with van der Waals surface area (Å²) >= 11 is 0. The number of carbonyl (C=O) groups excluding carboxylic acids is 3. The van der Waals surface area contributed by atoms with Crippen molar-refractivity contribution in [3.8, 4) is 0 Å². The number of unbranched alkanes of at least 4 members (excludes halogenated alkanes) is 9. The third kappa shape index (κ3) is 49.1. The summed E-state index contributed by atoms with van der Waals surface area (Å²) in [5.41, 5.74) is 0. The molecule has 65 heavy (non-hydrogen) atoms. The van der Waals surface area contributed by atoms with Crippen molar-refractivity contribution >= 4 is 17.9 Å². The zero-order valence-electron chi connectivity index (χ0n) is 40.1. The van der Waals surface area contributed by atoms with Crippen LogP contribution in [-0.4, -0.2) is 37.2 Å². The van der Waals surface area contributed by atoms with Gasteiger partial charge in [0.15, 0.2) is 6.10 Å². The van der Waals surface area contributed by atoms with Gasteiger partial charge in [0.25, 0.3) is 0 Å². The number of hydrogen-bond acceptors (Lipinski definition) is 6. The molecule has 1 unspecified atom stereocenters. The molecule has 6 heteroatoms. The molecule has 0 aromatic carbocycles. The lowest BCUT2D eigenvalue weighted by atomic mass is 10.1. The van der Waals surface area contributed by atoms with Gasteiger partial charge in [-0.15, -0.1) is 0 Å². The quantitative estimate of drug-likeness (QED) is 0.0265. The van der Waals surface area contributed by atoms with Gasteiger partial charge in [0.2, 0.25) is 0 Å². The molecular formula is C59H82O6. The van der Waals surface area contributed by atoms with Crippen LogP contribution in [0.2, 0.25) is 0 Å². The standard InChI is InChI=1S/C59H82O6/c1-4-7-10-13-16-19-22-25-27-28-29-30-32-34-37-40-43-46-49-52-58(61)64-55-56(54-63-57(60)51-48-45-42-39-36-33-24-21-18-15-12-9-6-3)65-59(62)53-50-47-44-41-38-35-31-26-23-20-17-14-11-8-5-2/h7-34,36-37,39,42,56H,4-6,35,38,40-41,43-55H2,1-3H3/b10-7-,11-8-,12-9-,16-13-,17-14-,18-15-,22-19-,23-20-,24-21-,27-25-,29-28+,31-26-,32-30-,36-33-,37-34-,42-39-. The molecule has 0 bridgehead atoms. The number of hydrogen-bond donors (Lipinski definition) is 0. The average Bonchev–Trinajstić information content (AvgIpc) is 3.30. The molecule has 0 heterocycles. The van der Waals surface area contributed by atoms with E-state index in [2.05, 4.69) is 57.2 Å². The SMILES string of the molecule is CC\C=C/C=C\C=C/C=C\C=C/CCCC(=O)OCC(COC(=O)CCCCC\C=C/C=C\C=C\C=C/C=C\C=C/C=C\CC)OC(=O)CCCCCCC\C=C/C=C\C=C/C=C\CC. The van der Waals surface area contributed by atoms with Crippen molar-refractivity contribution in [3.05, 3.63) is 194 Å². The van der Waals surface area contributed by atoms with Crippen LogP contribution in [0.3, 0.4) is 0 Å². The number of rotatable bonds is 39. The van der Waals surface area contributed by atoms with Crippen molar-refractivity contribution in [1.29, 1.82) is 0 Å². The zero-order valence-corrected chi connectivity index (χ0v) is 40.1. The predicted octanol–water partition coefficient (Wildman–Crippen LogP) is 16.0. The van der Waals surface area contributed by atoms with Gasteiger partial charge in [0, 0.05) is 19.3 Å². The van der Waals surface area contributed by atoms with Gasteiger partial charge >= 0.3 is 17.9 Å². The Balaban J connectivity index is 4.69. The summed E-state index contributed by atoms with van der Waals surface area (Å²) in [6.07, 6.45) is 78.4. The summed E-state index contributed by atoms with van der Waals surface area (Å²) in [5.74, 6) is -1.11. The minimum atomic E-state index is -0.851. The first-order chi connectivity index (χ1) is 32.0. The number of allylic oxidation sites excluding steroid dienone is 32. The first-order valence-corrected chi connectivity index (χ1v) is 24.2. The van der Waals surface area contributed by atoms with Gasteiger partial charge in [-0.25, -0.2) is 0 Å². The first-order valence-electron chi connectivity index (χ1n) is 24.2. The van der Waals surface area contributed by atoms with E-state index in [0.29, 0.717) is 19.3 Å². The summed E-state index contributed by atoms with van der Waals surface area (Å²) in [4.78, 5) is 37.9. The smallest absolute Gasteiger partial charge is 0.306 e. The fourth-order valence-electron chi connectivity index (χ4n) is 5.46. The van der Waals surface area contributed by atoms with Gasteiger partial charge in [-0.3, -0.25) is 14.4 Å². The monoisotopic (exact) mass is 887 g/mol. The number of esters is 3. The van der Waals surface area contributed by atoms with Crippen LogP contribution < -0.4 is 0 Å². The maximum Gasteiger partial charge on any atom is 0.306 e. The van der Waals surface area contributed by atoms with Crippen LogP contribution >= 0.6 is 0 Å². The summed E-state index contributed by atoms with van der Waals surface area (Å²) in [6, 6.07) is 0. The summed E-state index contributed by atoms with van der Waals surface area (Å²) in [5, 5.41) is 0. The van der Waals surface area contributed by atoms with E-state index in [9.17, 15) is 14.4 Å². The van der Waals surface area contributed by atoms with Gasteiger partial charge in [0.05, 0.1) is 0 Å². The minimum Gasteiger partial charge on any atom is -0.462 e. The highest BCUT2D eigenvalue weighted by Gasteiger charge is 2.19. The van der Waals surface area contributed by atoms with Crippen LogP contribution in [0.4, 0.5) is 0 Å². The van der Waals surface area contributed by atoms with Crippen LogP contribution in [0, 0.1) is 0 Å². The molecule has 0 aromatic rings. The Morgan fingerprint density at radius 3 is 0.938 bits per heavy atom. The van der Waals surface area contributed by atoms with Crippen LogP contribution in [0.5, 0.6) is 0 Å². The summed E-state index contributed by atoms with van der Waals surface area (Å²) in [6.45, 7) is 6.03. The average molecular weight is 887 g/mol. The van der Waals surface area contributed by atoms with Gasteiger partial charge in [-0.2, -0.15) is 0 Å². The molecule has 0 aliphatic rings. The zero-order chi connectivity index (χ0) is 47.2. The molecule has 1 atom stereocenters. The molecule has 0 radical (unpaired) electrons. The van der Waals surface area contributed by atoms with E-state index in [1.165, 1.54) is 0 Å². The molecule has 0 spiro atoms. The second-order valence-electron chi connectivity index (χ2n) is 14.9. The highest BCUT2D eigenvalue weighted by atomic mass is 16.6. The van der Waals surface area contributed by atoms with Crippen LogP contribution in [0.1, 0.15) is 136 Å². The second-order valence-corrected chi connectivity index (χ2v) is 14.9. The topological polar surface area (TPSA) is 78.9 Å². The highest BCUT2D eigenvalue weighted by molar-refractivity contribution is 5.71. The molecular weight excluding hydrogens is 805 g/mol. The first kappa shape index (κ1) is 59.2. The number of ether oxygens (including phenoxy) is 3. The number of carbonyl (C=O) groups is 3. The van der Waals surface area contributed by atoms with Crippen LogP contribution in [0.15, 0.2) is 194 Å². The van der Waals surface area contributed by atoms with Crippen molar-refractivity contribution in [2.45, 2.75) is 142 Å². The van der Waals surface area contributed by atoms with E-state index in [-0.39, 0.29) is 50.4 Å². The van der Waals surface area contributed by atoms with Gasteiger partial charge in [-0.1, -0.05) is 241 Å². The fourth-order valence-corrected chi connectivity index (χ4v) is 5.46. The fraction of sp³-hybridized carbons (Fsp3) is 0.407. The van der Waals surface area contributed by atoms with E-state index in [1.807, 2.05) is 158 Å². The molecule has 0 aliphatic carbocycles. The second kappa shape index (κ2) is 50.9. The maximum absolute atomic E-state index is 12.8. The Morgan fingerprint density at radius 1 is 0.308 bits per heavy atom. The normalized spacial score (nSPS) is 13.8. The molecule has 354 valence electrons. The molecule has 0 saturated carbocycles. The predicted molar refractivity (Wildman–Crippen MR) is 278 cm³/mol. The van der Waals surface area contributed by atoms with Crippen LogP contribution in [-0.2, 0) is 28.6 Å². The molecule has 0 fully saturated rings. The summed E-state index contributed by atoms with van der Waals surface area (Å²) in [7, 11) is 0. The Morgan fingerprint density at radius 2 is 0.569 bits per heavy atom. The van der Waals surface area contributed by atoms with Gasteiger partial charge in [0.1, 0.15) is 13.2 Å². The molecule has 0 saturated heterocycles. The van der Waals surface area contributed by atoms with Crippen molar-refractivity contribution in [3.63, 3.8) is 0 Å². The van der Waals surface area contributed by atoms with Gasteiger partial charge < -0.3 is 14.2 Å². The largest absolute Gasteiger partial charge is 0.462 e. The molecule has 0 aliphatic heterocycles. The van der Waals surface area contributed by atoms with E-state index in [0.717, 1.165) is 77.0 Å². The molecule has 6 nitrogen and oxygen atoms in total. The maximum atomic E-state index is 12.8. The van der Waals surface area contributed by atoms with Gasteiger partial charge in [-0.05, 0) is 70.6 Å². The Bertz CT molecular complexity index is 1680. The van der Waals surface area contributed by atoms with Crippen molar-refractivity contribution in [2.75, 3.05) is 13.2 Å². The molecule has 0 amide bonds. The van der Waals surface area contributed by atoms with Crippen molar-refractivity contribution in [1.82, 2.24) is 0 Å². The minimum absolute atomic E-state index is 0.147.